The Morgan fingerprint density at radius 3 is 2.17 bits per heavy atom. The molecule has 18 heavy (non-hydrogen) atoms. The summed E-state index contributed by atoms with van der Waals surface area (Å²) in [4.78, 5) is 0. The molecule has 4 fully saturated rings. The highest BCUT2D eigenvalue weighted by molar-refractivity contribution is 7.84. The molecule has 2 atom stereocenters. The molecule has 2 nitrogen and oxygen atoms in total. The molecule has 2 unspecified atom stereocenters. The third-order valence-corrected chi connectivity index (χ3v) is 6.35. The summed E-state index contributed by atoms with van der Waals surface area (Å²) < 4.78 is 11.2. The molecule has 0 aromatic carbocycles. The second-order valence-electron chi connectivity index (χ2n) is 7.09. The zero-order chi connectivity index (χ0) is 12.7. The van der Waals surface area contributed by atoms with Gasteiger partial charge in [0.1, 0.15) is 0 Å². The van der Waals surface area contributed by atoms with Crippen molar-refractivity contribution in [3.8, 4) is 0 Å². The van der Waals surface area contributed by atoms with Crippen LogP contribution in [-0.4, -0.2) is 28.3 Å². The Hall–Kier alpha value is 0.110. The van der Waals surface area contributed by atoms with Gasteiger partial charge in [0.2, 0.25) is 0 Å². The smallest absolute Gasteiger partial charge is 0.0246 e. The fourth-order valence-electron chi connectivity index (χ4n) is 4.95. The van der Waals surface area contributed by atoms with Gasteiger partial charge in [-0.2, -0.15) is 0 Å². The average molecular weight is 269 g/mol. The van der Waals surface area contributed by atoms with Crippen LogP contribution in [0.25, 0.3) is 0 Å². The van der Waals surface area contributed by atoms with Gasteiger partial charge in [-0.25, -0.2) is 0 Å². The quantitative estimate of drug-likeness (QED) is 0.831. The highest BCUT2D eigenvalue weighted by Gasteiger charge is 2.48. The molecule has 3 heteroatoms. The van der Waals surface area contributed by atoms with E-state index in [4.69, 9.17) is 0 Å². The summed E-state index contributed by atoms with van der Waals surface area (Å²) in [5.41, 5.74) is 0. The maximum Gasteiger partial charge on any atom is 0.0246 e. The Morgan fingerprint density at radius 1 is 1.11 bits per heavy atom. The molecule has 104 valence electrons. The van der Waals surface area contributed by atoms with Gasteiger partial charge < -0.3 is 5.32 Å². The normalized spacial score (nSPS) is 45.1. The van der Waals surface area contributed by atoms with Gasteiger partial charge in [-0.1, -0.05) is 0 Å². The topological polar surface area (TPSA) is 29.1 Å². The van der Waals surface area contributed by atoms with E-state index in [0.717, 1.165) is 41.9 Å². The van der Waals surface area contributed by atoms with Gasteiger partial charge in [0.05, 0.1) is 0 Å². The van der Waals surface area contributed by atoms with Crippen molar-refractivity contribution in [3.05, 3.63) is 0 Å². The maximum atomic E-state index is 11.2. The van der Waals surface area contributed by atoms with E-state index in [1.807, 2.05) is 6.26 Å². The van der Waals surface area contributed by atoms with Crippen LogP contribution in [0.4, 0.5) is 0 Å². The van der Waals surface area contributed by atoms with Gasteiger partial charge in [0.15, 0.2) is 0 Å². The average Bonchev–Trinajstić information content (AvgIpc) is 2.30. The van der Waals surface area contributed by atoms with Crippen molar-refractivity contribution in [3.63, 3.8) is 0 Å². The van der Waals surface area contributed by atoms with Crippen molar-refractivity contribution >= 4 is 10.8 Å². The molecule has 0 amide bonds. The van der Waals surface area contributed by atoms with Crippen LogP contribution >= 0.6 is 0 Å². The standard InChI is InChI=1S/C15H27NOS/c1-10(3-4-18(2)17)16-15-13-6-11-5-12(8-13)9-14(15)7-11/h10-16H,3-9H2,1-2H3. The SMILES string of the molecule is CC(CCS(C)=O)NC1C2CC3CC(C2)CC1C3. The number of nitrogens with one attached hydrogen (secondary N) is 1. The molecule has 1 N–H and O–H groups in total. The summed E-state index contributed by atoms with van der Waals surface area (Å²) >= 11 is 0. The van der Waals surface area contributed by atoms with Gasteiger partial charge in [-0.15, -0.1) is 0 Å². The molecule has 4 rings (SSSR count). The molecule has 0 aliphatic heterocycles. The van der Waals surface area contributed by atoms with E-state index in [1.54, 1.807) is 0 Å². The lowest BCUT2D eigenvalue weighted by molar-refractivity contribution is -0.0170. The molecule has 0 aromatic heterocycles. The van der Waals surface area contributed by atoms with Crippen LogP contribution in [0.2, 0.25) is 0 Å². The second-order valence-corrected chi connectivity index (χ2v) is 8.64. The minimum absolute atomic E-state index is 0.538. The van der Waals surface area contributed by atoms with Crippen LogP contribution in [0.1, 0.15) is 45.4 Å². The van der Waals surface area contributed by atoms with Crippen molar-refractivity contribution in [2.45, 2.75) is 57.5 Å². The van der Waals surface area contributed by atoms with Crippen molar-refractivity contribution in [2.24, 2.45) is 23.7 Å². The van der Waals surface area contributed by atoms with E-state index < -0.39 is 10.8 Å². The number of rotatable bonds is 5. The number of hydrogen-bond acceptors (Lipinski definition) is 2. The Labute approximate surface area is 114 Å². The zero-order valence-corrected chi connectivity index (χ0v) is 12.5. The maximum absolute atomic E-state index is 11.2. The monoisotopic (exact) mass is 269 g/mol. The predicted octanol–water partition coefficient (Wildman–Crippen LogP) is 2.56. The van der Waals surface area contributed by atoms with Crippen LogP contribution in [0.15, 0.2) is 0 Å². The third-order valence-electron chi connectivity index (χ3n) is 5.54. The fraction of sp³-hybridized carbons (Fsp3) is 1.00. The summed E-state index contributed by atoms with van der Waals surface area (Å²) in [6.07, 6.45) is 10.3. The highest BCUT2D eigenvalue weighted by Crippen LogP contribution is 2.53. The van der Waals surface area contributed by atoms with Crippen molar-refractivity contribution in [1.82, 2.24) is 5.32 Å². The van der Waals surface area contributed by atoms with E-state index in [0.29, 0.717) is 6.04 Å². The highest BCUT2D eigenvalue weighted by atomic mass is 32.2. The van der Waals surface area contributed by atoms with Gasteiger partial charge in [-0.05, 0) is 69.1 Å². The first-order valence-corrected chi connectivity index (χ1v) is 9.40. The minimum Gasteiger partial charge on any atom is -0.311 e. The van der Waals surface area contributed by atoms with Gasteiger partial charge >= 0.3 is 0 Å². The molecular formula is C15H27NOS. The van der Waals surface area contributed by atoms with Gasteiger partial charge in [0, 0.05) is 34.9 Å². The molecule has 4 aliphatic rings. The fourth-order valence-corrected chi connectivity index (χ4v) is 5.64. The summed E-state index contributed by atoms with van der Waals surface area (Å²) in [6.45, 7) is 2.28. The molecule has 0 aromatic rings. The number of hydrogen-bond donors (Lipinski definition) is 1. The lowest BCUT2D eigenvalue weighted by Crippen LogP contribution is -2.56. The lowest BCUT2D eigenvalue weighted by atomic mass is 9.54. The van der Waals surface area contributed by atoms with Crippen LogP contribution in [0.3, 0.4) is 0 Å². The molecule has 0 radical (unpaired) electrons. The van der Waals surface area contributed by atoms with Gasteiger partial charge in [0.25, 0.3) is 0 Å². The largest absolute Gasteiger partial charge is 0.311 e. The summed E-state index contributed by atoms with van der Waals surface area (Å²) in [5, 5.41) is 3.88. The van der Waals surface area contributed by atoms with Crippen molar-refractivity contribution in [2.75, 3.05) is 12.0 Å². The van der Waals surface area contributed by atoms with E-state index in [9.17, 15) is 4.21 Å². The van der Waals surface area contributed by atoms with Crippen LogP contribution in [0.5, 0.6) is 0 Å². The first kappa shape index (κ1) is 13.1. The Morgan fingerprint density at radius 2 is 1.67 bits per heavy atom. The Balaban J connectivity index is 1.55. The first-order chi connectivity index (χ1) is 8.61. The first-order valence-electron chi connectivity index (χ1n) is 7.68. The molecule has 0 spiro atoms. The molecule has 4 aliphatic carbocycles. The third kappa shape index (κ3) is 2.67. The van der Waals surface area contributed by atoms with E-state index in [-0.39, 0.29) is 0 Å². The van der Waals surface area contributed by atoms with E-state index >= 15 is 0 Å². The molecule has 4 saturated carbocycles. The van der Waals surface area contributed by atoms with Crippen molar-refractivity contribution in [1.29, 1.82) is 0 Å². The Bertz CT molecular complexity index is 302. The predicted molar refractivity (Wildman–Crippen MR) is 77.0 cm³/mol. The summed E-state index contributed by atoms with van der Waals surface area (Å²) in [5.74, 6) is 4.88. The van der Waals surface area contributed by atoms with Crippen LogP contribution < -0.4 is 5.32 Å². The van der Waals surface area contributed by atoms with Crippen LogP contribution in [-0.2, 0) is 10.8 Å². The lowest BCUT2D eigenvalue weighted by Gasteiger charge is -2.55. The van der Waals surface area contributed by atoms with Gasteiger partial charge in [-0.3, -0.25) is 4.21 Å². The zero-order valence-electron chi connectivity index (χ0n) is 11.7. The second kappa shape index (κ2) is 5.24. The minimum atomic E-state index is -0.637. The Kier molecular flexibility index (Phi) is 3.82. The summed E-state index contributed by atoms with van der Waals surface area (Å²) in [7, 11) is -0.637. The van der Waals surface area contributed by atoms with E-state index in [2.05, 4.69) is 12.2 Å². The van der Waals surface area contributed by atoms with Crippen LogP contribution in [0, 0.1) is 23.7 Å². The molecular weight excluding hydrogens is 242 g/mol. The molecule has 4 bridgehead atoms. The molecule has 0 saturated heterocycles. The molecule has 0 heterocycles. The summed E-state index contributed by atoms with van der Waals surface area (Å²) in [6, 6.07) is 1.31. The van der Waals surface area contributed by atoms with E-state index in [1.165, 1.54) is 32.1 Å². The van der Waals surface area contributed by atoms with Crippen molar-refractivity contribution < 1.29 is 4.21 Å².